The van der Waals surface area contributed by atoms with Gasteiger partial charge in [0, 0.05) is 6.07 Å². The molecule has 0 bridgehead atoms. The molecule has 22 heavy (non-hydrogen) atoms. The summed E-state index contributed by atoms with van der Waals surface area (Å²) in [5.74, 6) is 0.261. The summed E-state index contributed by atoms with van der Waals surface area (Å²) in [7, 11) is 0. The number of aromatic nitrogens is 2. The van der Waals surface area contributed by atoms with Crippen molar-refractivity contribution >= 4 is 34.4 Å². The van der Waals surface area contributed by atoms with Crippen LogP contribution < -0.4 is 10.6 Å². The van der Waals surface area contributed by atoms with Crippen LogP contribution in [0.2, 0.25) is 0 Å². The average molecular weight is 297 g/mol. The molecule has 0 saturated heterocycles. The van der Waals surface area contributed by atoms with Gasteiger partial charge in [-0.2, -0.15) is 0 Å². The van der Waals surface area contributed by atoms with E-state index in [9.17, 15) is 14.9 Å². The van der Waals surface area contributed by atoms with Crippen LogP contribution in [0.3, 0.4) is 0 Å². The van der Waals surface area contributed by atoms with Crippen molar-refractivity contribution in [2.45, 2.75) is 0 Å². The Morgan fingerprint density at radius 1 is 1.09 bits per heavy atom. The minimum atomic E-state index is -0.617. The second-order valence-corrected chi connectivity index (χ2v) is 4.46. The first-order valence-electron chi connectivity index (χ1n) is 6.39. The normalized spacial score (nSPS) is 10.4. The fourth-order valence-corrected chi connectivity index (χ4v) is 2.01. The lowest BCUT2D eigenvalue weighted by Crippen LogP contribution is -2.20. The number of para-hydroxylation sites is 4. The van der Waals surface area contributed by atoms with Crippen LogP contribution in [-0.2, 0) is 0 Å². The third-order valence-electron chi connectivity index (χ3n) is 2.97. The van der Waals surface area contributed by atoms with E-state index in [0.717, 1.165) is 5.52 Å². The van der Waals surface area contributed by atoms with Crippen molar-refractivity contribution in [3.05, 3.63) is 58.6 Å². The average Bonchev–Trinajstić information content (AvgIpc) is 2.89. The van der Waals surface area contributed by atoms with E-state index >= 15 is 0 Å². The Morgan fingerprint density at radius 2 is 1.82 bits per heavy atom. The topological polar surface area (TPSA) is 113 Å². The minimum Gasteiger partial charge on any atom is -0.324 e. The molecule has 3 rings (SSSR count). The van der Waals surface area contributed by atoms with E-state index in [1.54, 1.807) is 12.1 Å². The van der Waals surface area contributed by atoms with Crippen LogP contribution in [0.15, 0.2) is 48.5 Å². The Kier molecular flexibility index (Phi) is 3.40. The number of amides is 2. The van der Waals surface area contributed by atoms with Gasteiger partial charge >= 0.3 is 6.03 Å². The van der Waals surface area contributed by atoms with Crippen molar-refractivity contribution in [1.82, 2.24) is 9.97 Å². The molecule has 0 saturated carbocycles. The van der Waals surface area contributed by atoms with Crippen LogP contribution >= 0.6 is 0 Å². The molecule has 1 heterocycles. The van der Waals surface area contributed by atoms with E-state index in [1.165, 1.54) is 18.2 Å². The van der Waals surface area contributed by atoms with Crippen LogP contribution in [0.1, 0.15) is 0 Å². The molecule has 0 aliphatic heterocycles. The van der Waals surface area contributed by atoms with Crippen molar-refractivity contribution in [3.8, 4) is 0 Å². The van der Waals surface area contributed by atoms with Crippen LogP contribution in [-0.4, -0.2) is 20.9 Å². The Bertz CT molecular complexity index is 825. The number of hydrogen-bond donors (Lipinski definition) is 3. The summed E-state index contributed by atoms with van der Waals surface area (Å²) < 4.78 is 0. The third-order valence-corrected chi connectivity index (χ3v) is 2.97. The SMILES string of the molecule is O=C(Nc1nc2ccccc2[nH]1)Nc1ccccc1[N+](=O)[O-]. The summed E-state index contributed by atoms with van der Waals surface area (Å²) in [5, 5.41) is 15.8. The zero-order chi connectivity index (χ0) is 15.5. The fourth-order valence-electron chi connectivity index (χ4n) is 2.01. The van der Waals surface area contributed by atoms with Gasteiger partial charge in [0.05, 0.1) is 16.0 Å². The minimum absolute atomic E-state index is 0.112. The summed E-state index contributed by atoms with van der Waals surface area (Å²) in [5.41, 5.74) is 1.43. The molecule has 3 aromatic rings. The number of aromatic amines is 1. The molecule has 0 unspecified atom stereocenters. The van der Waals surface area contributed by atoms with Crippen LogP contribution in [0, 0.1) is 10.1 Å². The number of anilines is 2. The van der Waals surface area contributed by atoms with Crippen LogP contribution in [0.5, 0.6) is 0 Å². The van der Waals surface area contributed by atoms with E-state index in [-0.39, 0.29) is 17.3 Å². The van der Waals surface area contributed by atoms with Crippen molar-refractivity contribution in [3.63, 3.8) is 0 Å². The predicted molar refractivity (Wildman–Crippen MR) is 81.8 cm³/mol. The van der Waals surface area contributed by atoms with E-state index < -0.39 is 11.0 Å². The number of rotatable bonds is 3. The monoisotopic (exact) mass is 297 g/mol. The molecule has 0 fully saturated rings. The van der Waals surface area contributed by atoms with Gasteiger partial charge in [-0.3, -0.25) is 15.4 Å². The number of nitrogens with zero attached hydrogens (tertiary/aromatic N) is 2. The van der Waals surface area contributed by atoms with Crippen molar-refractivity contribution < 1.29 is 9.72 Å². The van der Waals surface area contributed by atoms with Gasteiger partial charge in [0.15, 0.2) is 0 Å². The zero-order valence-corrected chi connectivity index (χ0v) is 11.2. The first kappa shape index (κ1) is 13.6. The van der Waals surface area contributed by atoms with Gasteiger partial charge < -0.3 is 10.3 Å². The van der Waals surface area contributed by atoms with E-state index in [4.69, 9.17) is 0 Å². The Balaban J connectivity index is 1.76. The molecule has 2 amide bonds. The lowest BCUT2D eigenvalue weighted by molar-refractivity contribution is -0.383. The van der Waals surface area contributed by atoms with Crippen molar-refractivity contribution in [2.24, 2.45) is 0 Å². The molecule has 3 N–H and O–H groups in total. The Hall–Kier alpha value is -3.42. The molecule has 2 aromatic carbocycles. The number of fused-ring (bicyclic) bond motifs is 1. The number of H-pyrrole nitrogens is 1. The lowest BCUT2D eigenvalue weighted by atomic mass is 10.3. The molecule has 8 nitrogen and oxygen atoms in total. The Morgan fingerprint density at radius 3 is 2.59 bits per heavy atom. The summed E-state index contributed by atoms with van der Waals surface area (Å²) in [6.07, 6.45) is 0. The second kappa shape index (κ2) is 5.52. The molecule has 0 spiro atoms. The van der Waals surface area contributed by atoms with Gasteiger partial charge in [0.2, 0.25) is 5.95 Å². The number of benzene rings is 2. The largest absolute Gasteiger partial charge is 0.326 e. The molecular formula is C14H11N5O3. The first-order valence-corrected chi connectivity index (χ1v) is 6.39. The quantitative estimate of drug-likeness (QED) is 0.509. The number of urea groups is 1. The molecule has 0 aliphatic carbocycles. The highest BCUT2D eigenvalue weighted by Crippen LogP contribution is 2.23. The summed E-state index contributed by atoms with van der Waals surface area (Å²) in [6.45, 7) is 0. The maximum atomic E-state index is 11.9. The number of hydrogen-bond acceptors (Lipinski definition) is 4. The standard InChI is InChI=1S/C14H11N5O3/c20-14(17-11-7-3-4-8-12(11)19(21)22)18-13-15-9-5-1-2-6-10(9)16-13/h1-8H,(H3,15,16,17,18,20). The third kappa shape index (κ3) is 2.70. The van der Waals surface area contributed by atoms with E-state index in [0.29, 0.717) is 5.52 Å². The van der Waals surface area contributed by atoms with Crippen molar-refractivity contribution in [1.29, 1.82) is 0 Å². The maximum absolute atomic E-state index is 11.9. The number of imidazole rings is 1. The number of carbonyl (C=O) groups excluding carboxylic acids is 1. The van der Waals surface area contributed by atoms with Crippen LogP contribution in [0.25, 0.3) is 11.0 Å². The number of nitro groups is 1. The molecule has 1 aromatic heterocycles. The molecule has 0 atom stereocenters. The molecule has 110 valence electrons. The summed E-state index contributed by atoms with van der Waals surface area (Å²) in [4.78, 5) is 29.4. The van der Waals surface area contributed by atoms with Crippen LogP contribution in [0.4, 0.5) is 22.1 Å². The van der Waals surface area contributed by atoms with Gasteiger partial charge in [-0.1, -0.05) is 24.3 Å². The van der Waals surface area contributed by atoms with Crippen molar-refractivity contribution in [2.75, 3.05) is 10.6 Å². The van der Waals surface area contributed by atoms with Gasteiger partial charge in [-0.15, -0.1) is 0 Å². The van der Waals surface area contributed by atoms with Gasteiger partial charge in [0.1, 0.15) is 5.69 Å². The highest BCUT2D eigenvalue weighted by atomic mass is 16.6. The van der Waals surface area contributed by atoms with Gasteiger partial charge in [0.25, 0.3) is 5.69 Å². The molecule has 8 heteroatoms. The number of nitrogens with one attached hydrogen (secondary N) is 3. The molecule has 0 aliphatic rings. The second-order valence-electron chi connectivity index (χ2n) is 4.46. The summed E-state index contributed by atoms with van der Waals surface area (Å²) >= 11 is 0. The smallest absolute Gasteiger partial charge is 0.324 e. The van der Waals surface area contributed by atoms with Gasteiger partial charge in [-0.05, 0) is 18.2 Å². The lowest BCUT2D eigenvalue weighted by Gasteiger charge is -2.05. The predicted octanol–water partition coefficient (Wildman–Crippen LogP) is 3.12. The van der Waals surface area contributed by atoms with E-state index in [1.807, 2.05) is 18.2 Å². The fraction of sp³-hybridized carbons (Fsp3) is 0. The molecular weight excluding hydrogens is 286 g/mol. The number of carbonyl (C=O) groups is 1. The molecule has 0 radical (unpaired) electrons. The maximum Gasteiger partial charge on any atom is 0.326 e. The summed E-state index contributed by atoms with van der Waals surface area (Å²) in [6, 6.07) is 12.6. The zero-order valence-electron chi connectivity index (χ0n) is 11.2. The highest BCUT2D eigenvalue weighted by Gasteiger charge is 2.15. The number of nitro benzene ring substituents is 1. The van der Waals surface area contributed by atoms with E-state index in [2.05, 4.69) is 20.6 Å². The Labute approximate surface area is 124 Å². The van der Waals surface area contributed by atoms with Gasteiger partial charge in [-0.25, -0.2) is 9.78 Å². The first-order chi connectivity index (χ1) is 10.6. The highest BCUT2D eigenvalue weighted by molar-refractivity contribution is 6.00.